The number of fused-ring (bicyclic) bond motifs is 1. The summed E-state index contributed by atoms with van der Waals surface area (Å²) >= 11 is 6.92. The lowest BCUT2D eigenvalue weighted by Gasteiger charge is -2.05. The highest BCUT2D eigenvalue weighted by molar-refractivity contribution is 9.10. The number of rotatable bonds is 6. The summed E-state index contributed by atoms with van der Waals surface area (Å²) in [5.74, 6) is 0.934. The second-order valence-corrected chi connectivity index (χ2v) is 9.25. The van der Waals surface area contributed by atoms with E-state index in [2.05, 4.69) is 52.4 Å². The summed E-state index contributed by atoms with van der Waals surface area (Å²) in [6.45, 7) is 2.49. The number of carbonyl (C=O) groups is 1. The Balaban J connectivity index is 1.34. The summed E-state index contributed by atoms with van der Waals surface area (Å²) in [4.78, 5) is 17.3. The molecule has 8 nitrogen and oxygen atoms in total. The molecular formula is C23H18Br2N6O2. The molecule has 166 valence electrons. The molecule has 0 atom stereocenters. The molecule has 5 rings (SSSR count). The molecule has 0 fully saturated rings. The number of pyridine rings is 1. The molecule has 4 heterocycles. The molecule has 0 saturated heterocycles. The van der Waals surface area contributed by atoms with E-state index in [4.69, 9.17) is 4.42 Å². The van der Waals surface area contributed by atoms with Crippen molar-refractivity contribution in [2.45, 2.75) is 20.0 Å². The summed E-state index contributed by atoms with van der Waals surface area (Å²) in [5, 5.41) is 12.8. The van der Waals surface area contributed by atoms with Gasteiger partial charge in [-0.15, -0.1) is 0 Å². The van der Waals surface area contributed by atoms with Crippen molar-refractivity contribution < 1.29 is 9.21 Å². The van der Waals surface area contributed by atoms with Gasteiger partial charge in [0.15, 0.2) is 11.5 Å². The van der Waals surface area contributed by atoms with Gasteiger partial charge in [0.05, 0.1) is 28.4 Å². The lowest BCUT2D eigenvalue weighted by atomic mass is 10.1. The standard InChI is InChI=1S/C23H18Br2N6O2/c1-14-21-17(19-3-2-10-33-19)8-9-26-23(21)31(28-14)13-20(32)27-22-18(25)12-30(29-22)11-15-4-6-16(24)7-5-15/h2-10,12H,11,13H2,1H3,(H,27,29,32). The lowest BCUT2D eigenvalue weighted by molar-refractivity contribution is -0.116. The number of benzene rings is 1. The third kappa shape index (κ3) is 4.49. The minimum absolute atomic E-state index is 0.00492. The zero-order valence-corrected chi connectivity index (χ0v) is 20.7. The average molecular weight is 570 g/mol. The number of anilines is 1. The Labute approximate surface area is 205 Å². The Morgan fingerprint density at radius 2 is 1.94 bits per heavy atom. The topological polar surface area (TPSA) is 90.8 Å². The first-order valence-electron chi connectivity index (χ1n) is 10.1. The van der Waals surface area contributed by atoms with Crippen molar-refractivity contribution in [1.29, 1.82) is 0 Å². The Morgan fingerprint density at radius 1 is 1.12 bits per heavy atom. The first-order valence-corrected chi connectivity index (χ1v) is 11.7. The quantitative estimate of drug-likeness (QED) is 0.295. The maximum absolute atomic E-state index is 12.8. The van der Waals surface area contributed by atoms with Crippen LogP contribution in [0.15, 0.2) is 74.5 Å². The van der Waals surface area contributed by atoms with Crippen molar-refractivity contribution in [3.63, 3.8) is 0 Å². The molecule has 1 aromatic carbocycles. The number of hydrogen-bond acceptors (Lipinski definition) is 5. The SMILES string of the molecule is Cc1nn(CC(=O)Nc2nn(Cc3ccc(Br)cc3)cc2Br)c2nccc(-c3ccco3)c12. The number of amides is 1. The van der Waals surface area contributed by atoms with Crippen molar-refractivity contribution in [3.05, 3.63) is 81.3 Å². The van der Waals surface area contributed by atoms with Gasteiger partial charge in [-0.05, 0) is 58.7 Å². The molecule has 0 aliphatic carbocycles. The molecular weight excluding hydrogens is 552 g/mol. The van der Waals surface area contributed by atoms with Crippen LogP contribution in [0.1, 0.15) is 11.3 Å². The number of carbonyl (C=O) groups excluding carboxylic acids is 1. The van der Waals surface area contributed by atoms with Gasteiger partial charge in [-0.1, -0.05) is 28.1 Å². The van der Waals surface area contributed by atoms with Crippen LogP contribution in [0.5, 0.6) is 0 Å². The second-order valence-electron chi connectivity index (χ2n) is 7.48. The molecule has 0 radical (unpaired) electrons. The third-order valence-corrected chi connectivity index (χ3v) is 6.23. The van der Waals surface area contributed by atoms with Gasteiger partial charge in [0.1, 0.15) is 12.3 Å². The van der Waals surface area contributed by atoms with Gasteiger partial charge in [-0.2, -0.15) is 10.2 Å². The van der Waals surface area contributed by atoms with Crippen LogP contribution in [0.4, 0.5) is 5.82 Å². The van der Waals surface area contributed by atoms with Gasteiger partial charge in [0.25, 0.3) is 0 Å². The van der Waals surface area contributed by atoms with E-state index in [1.807, 2.05) is 55.6 Å². The molecule has 0 aliphatic heterocycles. The van der Waals surface area contributed by atoms with Gasteiger partial charge in [0.2, 0.25) is 5.91 Å². The van der Waals surface area contributed by atoms with Crippen LogP contribution in [0.2, 0.25) is 0 Å². The number of nitrogens with one attached hydrogen (secondary N) is 1. The molecule has 0 saturated carbocycles. The van der Waals surface area contributed by atoms with Crippen molar-refractivity contribution in [3.8, 4) is 11.3 Å². The number of aryl methyl sites for hydroxylation is 1. The Bertz CT molecular complexity index is 1440. The molecule has 0 bridgehead atoms. The van der Waals surface area contributed by atoms with E-state index < -0.39 is 0 Å². The first kappa shape index (κ1) is 21.6. The van der Waals surface area contributed by atoms with E-state index in [-0.39, 0.29) is 12.5 Å². The third-order valence-electron chi connectivity index (χ3n) is 5.12. The Morgan fingerprint density at radius 3 is 2.70 bits per heavy atom. The summed E-state index contributed by atoms with van der Waals surface area (Å²) in [6.07, 6.45) is 5.15. The largest absolute Gasteiger partial charge is 0.464 e. The summed E-state index contributed by atoms with van der Waals surface area (Å²) in [6, 6.07) is 13.6. The molecule has 1 N–H and O–H groups in total. The molecule has 5 aromatic rings. The van der Waals surface area contributed by atoms with E-state index in [1.165, 1.54) is 0 Å². The number of nitrogens with zero attached hydrogens (tertiary/aromatic N) is 5. The van der Waals surface area contributed by atoms with Crippen LogP contribution >= 0.6 is 31.9 Å². The summed E-state index contributed by atoms with van der Waals surface area (Å²) < 4.78 is 10.6. The average Bonchev–Trinajstić information content (AvgIpc) is 3.51. The highest BCUT2D eigenvalue weighted by atomic mass is 79.9. The van der Waals surface area contributed by atoms with Gasteiger partial charge in [-0.3, -0.25) is 9.48 Å². The van der Waals surface area contributed by atoms with Crippen LogP contribution in [0.3, 0.4) is 0 Å². The fourth-order valence-electron chi connectivity index (χ4n) is 3.68. The van der Waals surface area contributed by atoms with E-state index in [1.54, 1.807) is 21.8 Å². The molecule has 33 heavy (non-hydrogen) atoms. The number of halogens is 2. The van der Waals surface area contributed by atoms with Gasteiger partial charge in [0, 0.05) is 22.4 Å². The van der Waals surface area contributed by atoms with Crippen molar-refractivity contribution >= 4 is 54.6 Å². The van der Waals surface area contributed by atoms with E-state index in [9.17, 15) is 4.79 Å². The van der Waals surface area contributed by atoms with Crippen molar-refractivity contribution in [1.82, 2.24) is 24.5 Å². The van der Waals surface area contributed by atoms with Crippen molar-refractivity contribution in [2.75, 3.05) is 5.32 Å². The lowest BCUT2D eigenvalue weighted by Crippen LogP contribution is -2.20. The zero-order valence-electron chi connectivity index (χ0n) is 17.5. The van der Waals surface area contributed by atoms with E-state index >= 15 is 0 Å². The molecule has 1 amide bonds. The molecule has 0 unspecified atom stereocenters. The maximum Gasteiger partial charge on any atom is 0.247 e. The molecule has 0 spiro atoms. The van der Waals surface area contributed by atoms with Crippen LogP contribution < -0.4 is 5.32 Å². The number of furan rings is 1. The van der Waals surface area contributed by atoms with E-state index in [0.29, 0.717) is 22.5 Å². The van der Waals surface area contributed by atoms with Gasteiger partial charge in [-0.25, -0.2) is 9.67 Å². The predicted molar refractivity (Wildman–Crippen MR) is 132 cm³/mol. The van der Waals surface area contributed by atoms with Gasteiger partial charge < -0.3 is 9.73 Å². The summed E-state index contributed by atoms with van der Waals surface area (Å²) in [5.41, 5.74) is 3.39. The van der Waals surface area contributed by atoms with Crippen LogP contribution in [0.25, 0.3) is 22.4 Å². The number of hydrogen-bond donors (Lipinski definition) is 1. The van der Waals surface area contributed by atoms with Crippen LogP contribution in [-0.2, 0) is 17.9 Å². The number of aromatic nitrogens is 5. The molecule has 4 aromatic heterocycles. The maximum atomic E-state index is 12.8. The smallest absolute Gasteiger partial charge is 0.247 e. The molecule has 0 aliphatic rings. The minimum Gasteiger partial charge on any atom is -0.464 e. The monoisotopic (exact) mass is 568 g/mol. The minimum atomic E-state index is -0.251. The first-order chi connectivity index (χ1) is 16.0. The summed E-state index contributed by atoms with van der Waals surface area (Å²) in [7, 11) is 0. The Kier molecular flexibility index (Phi) is 5.86. The second kappa shape index (κ2) is 8.95. The highest BCUT2D eigenvalue weighted by Crippen LogP contribution is 2.30. The fraction of sp³-hybridized carbons (Fsp3) is 0.130. The Hall–Kier alpha value is -3.24. The van der Waals surface area contributed by atoms with E-state index in [0.717, 1.165) is 32.4 Å². The molecule has 10 heteroatoms. The van der Waals surface area contributed by atoms with Gasteiger partial charge >= 0.3 is 0 Å². The van der Waals surface area contributed by atoms with Crippen LogP contribution in [-0.4, -0.2) is 30.5 Å². The van der Waals surface area contributed by atoms with Crippen LogP contribution in [0, 0.1) is 6.92 Å². The normalized spacial score (nSPS) is 11.2. The zero-order chi connectivity index (χ0) is 22.9. The fourth-order valence-corrected chi connectivity index (χ4v) is 4.36. The predicted octanol–water partition coefficient (Wildman–Crippen LogP) is 5.41. The van der Waals surface area contributed by atoms with Crippen molar-refractivity contribution in [2.24, 2.45) is 0 Å². The highest BCUT2D eigenvalue weighted by Gasteiger charge is 2.18.